The van der Waals surface area contributed by atoms with Crippen molar-refractivity contribution < 1.29 is 18.7 Å². The number of nitriles is 1. The lowest BCUT2D eigenvalue weighted by atomic mass is 10.00. The highest BCUT2D eigenvalue weighted by atomic mass is 19.1. The predicted octanol–water partition coefficient (Wildman–Crippen LogP) is 4.15. The SMILES string of the molecule is N#CC1(NC(=O)COC(=O)c2cc(-c3ccc(F)cc3)nc3ccccc23)CCCC1. The van der Waals surface area contributed by atoms with Crippen LogP contribution < -0.4 is 5.32 Å². The average molecular weight is 417 g/mol. The highest BCUT2D eigenvalue weighted by Gasteiger charge is 2.35. The van der Waals surface area contributed by atoms with Crippen LogP contribution in [0.15, 0.2) is 54.6 Å². The number of benzene rings is 2. The van der Waals surface area contributed by atoms with Crippen LogP contribution in [0, 0.1) is 17.1 Å². The van der Waals surface area contributed by atoms with E-state index < -0.39 is 24.0 Å². The van der Waals surface area contributed by atoms with Crippen LogP contribution in [0.25, 0.3) is 22.2 Å². The summed E-state index contributed by atoms with van der Waals surface area (Å²) in [6.45, 7) is -0.481. The van der Waals surface area contributed by atoms with Crippen molar-refractivity contribution in [2.45, 2.75) is 31.2 Å². The highest BCUT2D eigenvalue weighted by Crippen LogP contribution is 2.29. The molecule has 1 heterocycles. The lowest BCUT2D eigenvalue weighted by Crippen LogP contribution is -2.46. The van der Waals surface area contributed by atoms with E-state index in [0.717, 1.165) is 12.8 Å². The van der Waals surface area contributed by atoms with Crippen LogP contribution in [0.4, 0.5) is 4.39 Å². The number of hydrogen-bond acceptors (Lipinski definition) is 5. The van der Waals surface area contributed by atoms with Gasteiger partial charge in [0.2, 0.25) is 0 Å². The molecule has 1 amide bonds. The summed E-state index contributed by atoms with van der Waals surface area (Å²) in [5.74, 6) is -1.55. The number of para-hydroxylation sites is 1. The molecule has 4 rings (SSSR count). The van der Waals surface area contributed by atoms with Gasteiger partial charge in [-0.2, -0.15) is 5.26 Å². The van der Waals surface area contributed by atoms with Gasteiger partial charge in [-0.05, 0) is 62.1 Å². The van der Waals surface area contributed by atoms with Gasteiger partial charge in [-0.25, -0.2) is 14.2 Å². The number of ether oxygens (including phenoxy) is 1. The second kappa shape index (κ2) is 8.52. The van der Waals surface area contributed by atoms with Crippen LogP contribution in [-0.4, -0.2) is 29.0 Å². The number of hydrogen-bond donors (Lipinski definition) is 1. The van der Waals surface area contributed by atoms with Crippen LogP contribution >= 0.6 is 0 Å². The number of halogens is 1. The zero-order chi connectivity index (χ0) is 21.8. The monoisotopic (exact) mass is 417 g/mol. The van der Waals surface area contributed by atoms with Crippen molar-refractivity contribution in [1.82, 2.24) is 10.3 Å². The molecule has 3 aromatic rings. The van der Waals surface area contributed by atoms with Crippen molar-refractivity contribution in [1.29, 1.82) is 5.26 Å². The van der Waals surface area contributed by atoms with E-state index in [1.807, 2.05) is 0 Å². The number of carbonyl (C=O) groups excluding carboxylic acids is 2. The first-order valence-corrected chi connectivity index (χ1v) is 10.0. The molecule has 31 heavy (non-hydrogen) atoms. The molecule has 0 aliphatic heterocycles. The maximum Gasteiger partial charge on any atom is 0.339 e. The Labute approximate surface area is 178 Å². The summed E-state index contributed by atoms with van der Waals surface area (Å²) < 4.78 is 18.5. The molecule has 156 valence electrons. The molecule has 6 nitrogen and oxygen atoms in total. The van der Waals surface area contributed by atoms with Gasteiger partial charge in [-0.1, -0.05) is 18.2 Å². The first-order valence-electron chi connectivity index (χ1n) is 10.0. The number of pyridine rings is 1. The molecule has 0 unspecified atom stereocenters. The van der Waals surface area contributed by atoms with Crippen LogP contribution in [0.3, 0.4) is 0 Å². The number of amides is 1. The lowest BCUT2D eigenvalue weighted by Gasteiger charge is -2.21. The molecular weight excluding hydrogens is 397 g/mol. The molecule has 0 bridgehead atoms. The topological polar surface area (TPSA) is 92.1 Å². The third-order valence-corrected chi connectivity index (χ3v) is 5.46. The summed E-state index contributed by atoms with van der Waals surface area (Å²) in [6.07, 6.45) is 2.95. The fourth-order valence-corrected chi connectivity index (χ4v) is 3.87. The van der Waals surface area contributed by atoms with E-state index in [1.165, 1.54) is 12.1 Å². The van der Waals surface area contributed by atoms with Gasteiger partial charge in [-0.3, -0.25) is 4.79 Å². The lowest BCUT2D eigenvalue weighted by molar-refractivity contribution is -0.125. The van der Waals surface area contributed by atoms with E-state index in [4.69, 9.17) is 4.74 Å². The van der Waals surface area contributed by atoms with Crippen molar-refractivity contribution in [3.63, 3.8) is 0 Å². The summed E-state index contributed by atoms with van der Waals surface area (Å²) in [6, 6.07) is 16.6. The first-order chi connectivity index (χ1) is 15.0. The van der Waals surface area contributed by atoms with Gasteiger partial charge in [-0.15, -0.1) is 0 Å². The molecule has 0 spiro atoms. The Balaban J connectivity index is 1.56. The maximum absolute atomic E-state index is 13.3. The Morgan fingerprint density at radius 1 is 1.13 bits per heavy atom. The molecule has 1 aromatic heterocycles. The Morgan fingerprint density at radius 2 is 1.84 bits per heavy atom. The van der Waals surface area contributed by atoms with Gasteiger partial charge in [0.15, 0.2) is 6.61 Å². The quantitative estimate of drug-likeness (QED) is 0.630. The van der Waals surface area contributed by atoms with Gasteiger partial charge in [0.05, 0.1) is 22.8 Å². The van der Waals surface area contributed by atoms with E-state index in [0.29, 0.717) is 35.0 Å². The number of esters is 1. The first kappa shape index (κ1) is 20.5. The molecule has 1 N–H and O–H groups in total. The fraction of sp³-hybridized carbons (Fsp3) is 0.250. The molecular formula is C24H20FN3O3. The second-order valence-electron chi connectivity index (χ2n) is 7.60. The van der Waals surface area contributed by atoms with E-state index in [-0.39, 0.29) is 11.4 Å². The molecule has 1 aliphatic rings. The number of rotatable bonds is 5. The van der Waals surface area contributed by atoms with Crippen LogP contribution in [-0.2, 0) is 9.53 Å². The van der Waals surface area contributed by atoms with Crippen molar-refractivity contribution in [2.24, 2.45) is 0 Å². The number of nitrogens with zero attached hydrogens (tertiary/aromatic N) is 2. The summed E-state index contributed by atoms with van der Waals surface area (Å²) in [5.41, 5.74) is 1.10. The molecule has 2 aromatic carbocycles. The number of carbonyl (C=O) groups is 2. The number of aromatic nitrogens is 1. The van der Waals surface area contributed by atoms with E-state index >= 15 is 0 Å². The van der Waals surface area contributed by atoms with Crippen LogP contribution in [0.2, 0.25) is 0 Å². The van der Waals surface area contributed by atoms with Crippen molar-refractivity contribution in [3.05, 3.63) is 66.0 Å². The van der Waals surface area contributed by atoms with Gasteiger partial charge in [0.1, 0.15) is 11.4 Å². The summed E-state index contributed by atoms with van der Waals surface area (Å²) in [7, 11) is 0. The smallest absolute Gasteiger partial charge is 0.339 e. The van der Waals surface area contributed by atoms with Gasteiger partial charge < -0.3 is 10.1 Å². The van der Waals surface area contributed by atoms with Crippen LogP contribution in [0.5, 0.6) is 0 Å². The molecule has 1 aliphatic carbocycles. The molecule has 7 heteroatoms. The second-order valence-corrected chi connectivity index (χ2v) is 7.60. The Bertz CT molecular complexity index is 1180. The summed E-state index contributed by atoms with van der Waals surface area (Å²) >= 11 is 0. The van der Waals surface area contributed by atoms with Crippen LogP contribution in [0.1, 0.15) is 36.0 Å². The molecule has 0 saturated heterocycles. The number of nitrogens with one attached hydrogen (secondary N) is 1. The highest BCUT2D eigenvalue weighted by molar-refractivity contribution is 6.05. The van der Waals surface area contributed by atoms with Crippen molar-refractivity contribution >= 4 is 22.8 Å². The van der Waals surface area contributed by atoms with E-state index in [1.54, 1.807) is 42.5 Å². The minimum Gasteiger partial charge on any atom is -0.452 e. The third-order valence-electron chi connectivity index (χ3n) is 5.46. The molecule has 1 saturated carbocycles. The predicted molar refractivity (Wildman–Crippen MR) is 112 cm³/mol. The number of fused-ring (bicyclic) bond motifs is 1. The molecule has 1 fully saturated rings. The maximum atomic E-state index is 13.3. The third kappa shape index (κ3) is 4.38. The van der Waals surface area contributed by atoms with Crippen molar-refractivity contribution in [2.75, 3.05) is 6.61 Å². The zero-order valence-electron chi connectivity index (χ0n) is 16.7. The van der Waals surface area contributed by atoms with E-state index in [9.17, 15) is 19.2 Å². The largest absolute Gasteiger partial charge is 0.452 e. The molecule has 0 atom stereocenters. The van der Waals surface area contributed by atoms with Crippen molar-refractivity contribution in [3.8, 4) is 17.3 Å². The minimum atomic E-state index is -0.872. The minimum absolute atomic E-state index is 0.258. The average Bonchev–Trinajstić information content (AvgIpc) is 3.26. The standard InChI is InChI=1S/C24H20FN3O3/c25-17-9-7-16(8-10-17)21-13-19(18-5-1-2-6-20(18)27-21)23(30)31-14-22(29)28-24(15-26)11-3-4-12-24/h1-2,5-10,13H,3-4,11-12,14H2,(H,28,29). The Hall–Kier alpha value is -3.79. The molecule has 0 radical (unpaired) electrons. The van der Waals surface area contributed by atoms with Gasteiger partial charge >= 0.3 is 5.97 Å². The summed E-state index contributed by atoms with van der Waals surface area (Å²) in [5, 5.41) is 12.7. The van der Waals surface area contributed by atoms with Gasteiger partial charge in [0, 0.05) is 10.9 Å². The Kier molecular flexibility index (Phi) is 5.63. The summed E-state index contributed by atoms with van der Waals surface area (Å²) in [4.78, 5) is 29.7. The Morgan fingerprint density at radius 3 is 2.55 bits per heavy atom. The van der Waals surface area contributed by atoms with Gasteiger partial charge in [0.25, 0.3) is 5.91 Å². The normalized spacial score (nSPS) is 14.7. The zero-order valence-corrected chi connectivity index (χ0v) is 16.7. The van der Waals surface area contributed by atoms with E-state index in [2.05, 4.69) is 16.4 Å². The fourth-order valence-electron chi connectivity index (χ4n) is 3.87.